The summed E-state index contributed by atoms with van der Waals surface area (Å²) in [5.74, 6) is -0.617. The van der Waals surface area contributed by atoms with Gasteiger partial charge in [-0.05, 0) is 61.0 Å². The number of carbonyl (C=O) groups is 1. The van der Waals surface area contributed by atoms with Gasteiger partial charge in [-0.1, -0.05) is 59.1 Å². The third-order valence-corrected chi connectivity index (χ3v) is 5.98. The number of hydrogen-bond acceptors (Lipinski definition) is 2. The van der Waals surface area contributed by atoms with Gasteiger partial charge in [-0.3, -0.25) is 4.79 Å². The maximum Gasteiger partial charge on any atom is 0.244 e. The van der Waals surface area contributed by atoms with Crippen molar-refractivity contribution in [3.63, 3.8) is 0 Å². The first kappa shape index (κ1) is 24.0. The van der Waals surface area contributed by atoms with Gasteiger partial charge < -0.3 is 5.32 Å². The molecule has 1 aromatic heterocycles. The van der Waals surface area contributed by atoms with Crippen molar-refractivity contribution in [1.29, 1.82) is 0 Å². The second-order valence-corrected chi connectivity index (χ2v) is 8.83. The van der Waals surface area contributed by atoms with Crippen LogP contribution in [0.15, 0.2) is 72.8 Å². The molecule has 0 unspecified atom stereocenters. The standard InChI is InChI=1S/C26H19Cl3FN3O/c1-16-23(11-13-25(34)31-15-17-2-9-21(30)10-3-17)32-33(24-12-8-20(28)14-22(24)29)26(16)18-4-6-19(27)7-5-18/h2-14H,15H2,1H3,(H,31,34)/b13-11+. The van der Waals surface area contributed by atoms with Gasteiger partial charge in [-0.15, -0.1) is 0 Å². The van der Waals surface area contributed by atoms with Gasteiger partial charge >= 0.3 is 0 Å². The molecule has 3 aromatic carbocycles. The average molecular weight is 515 g/mol. The number of amides is 1. The molecule has 1 heterocycles. The van der Waals surface area contributed by atoms with Crippen molar-refractivity contribution in [1.82, 2.24) is 15.1 Å². The van der Waals surface area contributed by atoms with E-state index in [1.807, 2.05) is 19.1 Å². The molecule has 34 heavy (non-hydrogen) atoms. The second-order valence-electron chi connectivity index (χ2n) is 7.55. The quantitative estimate of drug-likeness (QED) is 0.275. The van der Waals surface area contributed by atoms with E-state index in [1.165, 1.54) is 18.2 Å². The number of carbonyl (C=O) groups excluding carboxylic acids is 1. The fourth-order valence-electron chi connectivity index (χ4n) is 3.45. The summed E-state index contributed by atoms with van der Waals surface area (Å²) in [7, 11) is 0. The number of hydrogen-bond donors (Lipinski definition) is 1. The summed E-state index contributed by atoms with van der Waals surface area (Å²) in [6.07, 6.45) is 3.06. The van der Waals surface area contributed by atoms with E-state index < -0.39 is 0 Å². The van der Waals surface area contributed by atoms with Crippen LogP contribution in [0.2, 0.25) is 15.1 Å². The summed E-state index contributed by atoms with van der Waals surface area (Å²) < 4.78 is 14.8. The molecule has 0 radical (unpaired) electrons. The van der Waals surface area contributed by atoms with Crippen molar-refractivity contribution in [2.24, 2.45) is 0 Å². The lowest BCUT2D eigenvalue weighted by molar-refractivity contribution is -0.116. The SMILES string of the molecule is Cc1c(/C=C/C(=O)NCc2ccc(F)cc2)nn(-c2ccc(Cl)cc2Cl)c1-c1ccc(Cl)cc1. The van der Waals surface area contributed by atoms with Crippen molar-refractivity contribution in [3.05, 3.63) is 111 Å². The normalized spacial score (nSPS) is 11.2. The number of rotatable bonds is 6. The van der Waals surface area contributed by atoms with Crippen LogP contribution in [0.25, 0.3) is 23.0 Å². The molecule has 172 valence electrons. The summed E-state index contributed by atoms with van der Waals surface area (Å²) in [5.41, 5.74) is 4.61. The molecule has 0 atom stereocenters. The van der Waals surface area contributed by atoms with E-state index in [0.717, 1.165) is 22.4 Å². The Morgan fingerprint density at radius 1 is 1.00 bits per heavy atom. The minimum absolute atomic E-state index is 0.285. The van der Waals surface area contributed by atoms with E-state index in [4.69, 9.17) is 39.9 Å². The molecule has 1 N–H and O–H groups in total. The van der Waals surface area contributed by atoms with Crippen LogP contribution in [-0.2, 0) is 11.3 Å². The highest BCUT2D eigenvalue weighted by atomic mass is 35.5. The smallest absolute Gasteiger partial charge is 0.244 e. The average Bonchev–Trinajstić information content (AvgIpc) is 3.13. The molecular formula is C26H19Cl3FN3O. The molecule has 0 saturated heterocycles. The zero-order valence-electron chi connectivity index (χ0n) is 18.0. The van der Waals surface area contributed by atoms with Gasteiger partial charge in [0.15, 0.2) is 0 Å². The highest BCUT2D eigenvalue weighted by molar-refractivity contribution is 6.35. The van der Waals surface area contributed by atoms with Gasteiger partial charge in [0.1, 0.15) is 5.82 Å². The van der Waals surface area contributed by atoms with Crippen molar-refractivity contribution < 1.29 is 9.18 Å². The number of nitrogens with one attached hydrogen (secondary N) is 1. The Labute approximate surface area is 211 Å². The van der Waals surface area contributed by atoms with Crippen LogP contribution in [-0.4, -0.2) is 15.7 Å². The number of nitrogens with zero attached hydrogens (tertiary/aromatic N) is 2. The molecule has 0 aliphatic heterocycles. The molecular weight excluding hydrogens is 496 g/mol. The molecule has 0 saturated carbocycles. The summed E-state index contributed by atoms with van der Waals surface area (Å²) in [4.78, 5) is 12.4. The van der Waals surface area contributed by atoms with Crippen LogP contribution in [0.3, 0.4) is 0 Å². The van der Waals surface area contributed by atoms with Crippen LogP contribution in [0.5, 0.6) is 0 Å². The molecule has 4 nitrogen and oxygen atoms in total. The number of benzene rings is 3. The van der Waals surface area contributed by atoms with Crippen molar-refractivity contribution in [3.8, 4) is 16.9 Å². The maximum absolute atomic E-state index is 13.0. The number of halogens is 4. The highest BCUT2D eigenvalue weighted by Crippen LogP contribution is 2.33. The molecule has 4 aromatic rings. The molecule has 0 aliphatic carbocycles. The molecule has 0 fully saturated rings. The van der Waals surface area contributed by atoms with Gasteiger partial charge in [0.2, 0.25) is 5.91 Å². The zero-order chi connectivity index (χ0) is 24.2. The fraction of sp³-hybridized carbons (Fsp3) is 0.0769. The lowest BCUT2D eigenvalue weighted by Crippen LogP contribution is -2.20. The first-order valence-electron chi connectivity index (χ1n) is 10.3. The van der Waals surface area contributed by atoms with Gasteiger partial charge in [-0.2, -0.15) is 5.10 Å². The minimum Gasteiger partial charge on any atom is -0.348 e. The van der Waals surface area contributed by atoms with Crippen LogP contribution < -0.4 is 5.32 Å². The molecule has 1 amide bonds. The van der Waals surface area contributed by atoms with Crippen molar-refractivity contribution >= 4 is 46.8 Å². The molecule has 4 rings (SSSR count). The predicted octanol–water partition coefficient (Wildman–Crippen LogP) is 7.28. The Balaban J connectivity index is 1.65. The fourth-order valence-corrected chi connectivity index (χ4v) is 4.06. The summed E-state index contributed by atoms with van der Waals surface area (Å²) in [6.45, 7) is 2.21. The van der Waals surface area contributed by atoms with E-state index in [9.17, 15) is 9.18 Å². The largest absolute Gasteiger partial charge is 0.348 e. The first-order chi connectivity index (χ1) is 16.3. The van der Waals surface area contributed by atoms with Crippen LogP contribution in [0.4, 0.5) is 4.39 Å². The first-order valence-corrected chi connectivity index (χ1v) is 11.5. The Morgan fingerprint density at radius 2 is 1.68 bits per heavy atom. The molecule has 8 heteroatoms. The predicted molar refractivity (Wildman–Crippen MR) is 136 cm³/mol. The lowest BCUT2D eigenvalue weighted by atomic mass is 10.1. The van der Waals surface area contributed by atoms with E-state index in [-0.39, 0.29) is 18.3 Å². The van der Waals surface area contributed by atoms with Gasteiger partial charge in [0, 0.05) is 33.8 Å². The Hall–Kier alpha value is -3.12. The van der Waals surface area contributed by atoms with Gasteiger partial charge in [0.25, 0.3) is 0 Å². The van der Waals surface area contributed by atoms with Crippen LogP contribution >= 0.6 is 34.8 Å². The topological polar surface area (TPSA) is 46.9 Å². The third-order valence-electron chi connectivity index (χ3n) is 5.19. The third kappa shape index (κ3) is 5.50. The zero-order valence-corrected chi connectivity index (χ0v) is 20.3. The Kier molecular flexibility index (Phi) is 7.37. The summed E-state index contributed by atoms with van der Waals surface area (Å²) in [5, 5.41) is 9.08. The van der Waals surface area contributed by atoms with E-state index in [2.05, 4.69) is 5.32 Å². The monoisotopic (exact) mass is 513 g/mol. The van der Waals surface area contributed by atoms with Gasteiger partial charge in [-0.25, -0.2) is 9.07 Å². The van der Waals surface area contributed by atoms with Crippen molar-refractivity contribution in [2.75, 3.05) is 0 Å². The highest BCUT2D eigenvalue weighted by Gasteiger charge is 2.18. The molecule has 0 spiro atoms. The van der Waals surface area contributed by atoms with E-state index >= 15 is 0 Å². The minimum atomic E-state index is -0.321. The second kappa shape index (κ2) is 10.4. The van der Waals surface area contributed by atoms with Crippen LogP contribution in [0, 0.1) is 12.7 Å². The van der Waals surface area contributed by atoms with E-state index in [0.29, 0.717) is 26.4 Å². The van der Waals surface area contributed by atoms with Crippen LogP contribution in [0.1, 0.15) is 16.8 Å². The maximum atomic E-state index is 13.0. The molecule has 0 aliphatic rings. The van der Waals surface area contributed by atoms with Gasteiger partial charge in [0.05, 0.1) is 22.1 Å². The molecule has 0 bridgehead atoms. The Morgan fingerprint density at radius 3 is 2.35 bits per heavy atom. The summed E-state index contributed by atoms with van der Waals surface area (Å²) in [6, 6.07) is 18.5. The number of aromatic nitrogens is 2. The summed E-state index contributed by atoms with van der Waals surface area (Å²) >= 11 is 18.6. The van der Waals surface area contributed by atoms with Crippen molar-refractivity contribution in [2.45, 2.75) is 13.5 Å². The van der Waals surface area contributed by atoms with E-state index in [1.54, 1.807) is 53.2 Å². The Bertz CT molecular complexity index is 1360. The lowest BCUT2D eigenvalue weighted by Gasteiger charge is -2.11.